The number of rotatable bonds is 6. The number of benzene rings is 1. The Morgan fingerprint density at radius 1 is 1.53 bits per heavy atom. The Labute approximate surface area is 102 Å². The van der Waals surface area contributed by atoms with Gasteiger partial charge in [-0.2, -0.15) is 5.26 Å². The molecule has 1 aromatic rings. The van der Waals surface area contributed by atoms with Gasteiger partial charge in [0.15, 0.2) is 0 Å². The molecule has 1 aromatic carbocycles. The third-order valence-corrected chi connectivity index (χ3v) is 2.52. The van der Waals surface area contributed by atoms with Crippen LogP contribution >= 0.6 is 0 Å². The van der Waals surface area contributed by atoms with Crippen molar-refractivity contribution in [1.29, 1.82) is 5.26 Å². The van der Waals surface area contributed by atoms with Crippen LogP contribution in [0.4, 0.5) is 0 Å². The van der Waals surface area contributed by atoms with Gasteiger partial charge in [-0.1, -0.05) is 13.0 Å². The van der Waals surface area contributed by atoms with Crippen molar-refractivity contribution < 1.29 is 9.84 Å². The first-order chi connectivity index (χ1) is 8.21. The van der Waals surface area contributed by atoms with Crippen molar-refractivity contribution in [1.82, 2.24) is 5.32 Å². The number of hydrogen-bond donors (Lipinski definition) is 2. The molecule has 0 radical (unpaired) electrons. The number of nitrogens with zero attached hydrogens (tertiary/aromatic N) is 1. The van der Waals surface area contributed by atoms with Gasteiger partial charge in [0.2, 0.25) is 0 Å². The van der Waals surface area contributed by atoms with Gasteiger partial charge in [-0.3, -0.25) is 0 Å². The normalized spacial score (nSPS) is 11.9. The molecule has 92 valence electrons. The van der Waals surface area contributed by atoms with Crippen molar-refractivity contribution >= 4 is 0 Å². The summed E-state index contributed by atoms with van der Waals surface area (Å²) in [6.07, 6.45) is 0. The lowest BCUT2D eigenvalue weighted by atomic mass is 10.1. The van der Waals surface area contributed by atoms with Crippen LogP contribution < -0.4 is 10.1 Å². The maximum Gasteiger partial charge on any atom is 0.136 e. The van der Waals surface area contributed by atoms with E-state index in [0.717, 1.165) is 12.1 Å². The molecular weight excluding hydrogens is 216 g/mol. The minimum Gasteiger partial charge on any atom is -0.495 e. The second-order valence-electron chi connectivity index (χ2n) is 4.07. The highest BCUT2D eigenvalue weighted by atomic mass is 16.5. The number of hydrogen-bond acceptors (Lipinski definition) is 4. The maximum absolute atomic E-state index is 8.89. The minimum absolute atomic E-state index is 0.184. The van der Waals surface area contributed by atoms with Crippen LogP contribution in [0.2, 0.25) is 0 Å². The van der Waals surface area contributed by atoms with E-state index in [2.05, 4.69) is 11.4 Å². The summed E-state index contributed by atoms with van der Waals surface area (Å²) in [5, 5.41) is 21.0. The Hall–Kier alpha value is -1.57. The summed E-state index contributed by atoms with van der Waals surface area (Å²) in [5.74, 6) is 0.845. The Bertz CT molecular complexity index is 399. The van der Waals surface area contributed by atoms with E-state index in [4.69, 9.17) is 15.1 Å². The standard InChI is InChI=1S/C13H18N2O2/c1-10(9-16)7-15-8-11-3-4-12(6-14)13(5-11)17-2/h3-5,10,15-16H,7-9H2,1-2H3. The molecule has 0 bridgehead atoms. The molecule has 0 aliphatic heterocycles. The second-order valence-corrected chi connectivity index (χ2v) is 4.07. The first-order valence-corrected chi connectivity index (χ1v) is 5.59. The molecule has 0 spiro atoms. The predicted molar refractivity (Wildman–Crippen MR) is 65.7 cm³/mol. The summed E-state index contributed by atoms with van der Waals surface area (Å²) < 4.78 is 5.14. The molecular formula is C13H18N2O2. The predicted octanol–water partition coefficient (Wildman–Crippen LogP) is 1.28. The Morgan fingerprint density at radius 2 is 2.29 bits per heavy atom. The van der Waals surface area contributed by atoms with Crippen molar-refractivity contribution in [2.75, 3.05) is 20.3 Å². The highest BCUT2D eigenvalue weighted by Gasteiger charge is 2.04. The zero-order chi connectivity index (χ0) is 12.7. The molecule has 1 unspecified atom stereocenters. The fraction of sp³-hybridized carbons (Fsp3) is 0.462. The molecule has 4 heteroatoms. The average molecular weight is 234 g/mol. The second kappa shape index (κ2) is 6.89. The van der Waals surface area contributed by atoms with Gasteiger partial charge in [0.05, 0.1) is 12.7 Å². The van der Waals surface area contributed by atoms with E-state index in [0.29, 0.717) is 17.9 Å². The number of aliphatic hydroxyl groups excluding tert-OH is 1. The van der Waals surface area contributed by atoms with Crippen molar-refractivity contribution in [2.24, 2.45) is 5.92 Å². The molecule has 1 rings (SSSR count). The van der Waals surface area contributed by atoms with E-state index < -0.39 is 0 Å². The van der Waals surface area contributed by atoms with E-state index in [-0.39, 0.29) is 12.5 Å². The maximum atomic E-state index is 8.89. The summed E-state index contributed by atoms with van der Waals surface area (Å²) in [6, 6.07) is 7.59. The summed E-state index contributed by atoms with van der Waals surface area (Å²) in [7, 11) is 1.56. The Balaban J connectivity index is 2.58. The van der Waals surface area contributed by atoms with Crippen molar-refractivity contribution in [3.63, 3.8) is 0 Å². The molecule has 0 aliphatic rings. The van der Waals surface area contributed by atoms with E-state index in [9.17, 15) is 0 Å². The third kappa shape index (κ3) is 4.06. The largest absolute Gasteiger partial charge is 0.495 e. The smallest absolute Gasteiger partial charge is 0.136 e. The SMILES string of the molecule is COc1cc(CNCC(C)CO)ccc1C#N. The van der Waals surface area contributed by atoms with Gasteiger partial charge in [0.25, 0.3) is 0 Å². The Kier molecular flexibility index (Phi) is 5.47. The number of ether oxygens (including phenoxy) is 1. The topological polar surface area (TPSA) is 65.3 Å². The van der Waals surface area contributed by atoms with Crippen LogP contribution in [0, 0.1) is 17.2 Å². The van der Waals surface area contributed by atoms with Gasteiger partial charge >= 0.3 is 0 Å². The van der Waals surface area contributed by atoms with Crippen LogP contribution in [0.5, 0.6) is 5.75 Å². The van der Waals surface area contributed by atoms with E-state index in [1.807, 2.05) is 19.1 Å². The zero-order valence-electron chi connectivity index (χ0n) is 10.2. The molecule has 2 N–H and O–H groups in total. The molecule has 0 amide bonds. The first kappa shape index (κ1) is 13.5. The van der Waals surface area contributed by atoms with Gasteiger partial charge in [-0.15, -0.1) is 0 Å². The number of nitriles is 1. The molecule has 4 nitrogen and oxygen atoms in total. The summed E-state index contributed by atoms with van der Waals surface area (Å²) in [5.41, 5.74) is 1.60. The summed E-state index contributed by atoms with van der Waals surface area (Å²) in [4.78, 5) is 0. The number of aliphatic hydroxyl groups is 1. The van der Waals surface area contributed by atoms with Gasteiger partial charge in [-0.25, -0.2) is 0 Å². The van der Waals surface area contributed by atoms with Crippen LogP contribution in [-0.4, -0.2) is 25.4 Å². The molecule has 0 fully saturated rings. The summed E-state index contributed by atoms with van der Waals surface area (Å²) >= 11 is 0. The number of nitrogens with one attached hydrogen (secondary N) is 1. The van der Waals surface area contributed by atoms with Gasteiger partial charge < -0.3 is 15.2 Å². The quantitative estimate of drug-likeness (QED) is 0.778. The monoisotopic (exact) mass is 234 g/mol. The molecule has 1 atom stereocenters. The number of methoxy groups -OCH3 is 1. The van der Waals surface area contributed by atoms with E-state index >= 15 is 0 Å². The average Bonchev–Trinajstić information content (AvgIpc) is 2.38. The van der Waals surface area contributed by atoms with Gasteiger partial charge in [0, 0.05) is 19.7 Å². The highest BCUT2D eigenvalue weighted by molar-refractivity contribution is 5.45. The van der Waals surface area contributed by atoms with Crippen molar-refractivity contribution in [3.8, 4) is 11.8 Å². The first-order valence-electron chi connectivity index (χ1n) is 5.59. The zero-order valence-corrected chi connectivity index (χ0v) is 10.2. The molecule has 17 heavy (non-hydrogen) atoms. The molecule has 0 aliphatic carbocycles. The lowest BCUT2D eigenvalue weighted by Crippen LogP contribution is -2.22. The lowest BCUT2D eigenvalue weighted by Gasteiger charge is -2.10. The molecule has 0 heterocycles. The van der Waals surface area contributed by atoms with Crippen LogP contribution in [0.15, 0.2) is 18.2 Å². The van der Waals surface area contributed by atoms with Gasteiger partial charge in [-0.05, 0) is 23.6 Å². The van der Waals surface area contributed by atoms with E-state index in [1.54, 1.807) is 13.2 Å². The Morgan fingerprint density at radius 3 is 2.88 bits per heavy atom. The third-order valence-electron chi connectivity index (χ3n) is 2.52. The minimum atomic E-state index is 0.184. The fourth-order valence-corrected chi connectivity index (χ4v) is 1.47. The van der Waals surface area contributed by atoms with Crippen molar-refractivity contribution in [2.45, 2.75) is 13.5 Å². The molecule has 0 saturated carbocycles. The molecule has 0 aromatic heterocycles. The van der Waals surface area contributed by atoms with Gasteiger partial charge in [0.1, 0.15) is 11.8 Å². The summed E-state index contributed by atoms with van der Waals surface area (Å²) in [6.45, 7) is 3.63. The fourth-order valence-electron chi connectivity index (χ4n) is 1.47. The molecule has 0 saturated heterocycles. The van der Waals surface area contributed by atoms with Crippen molar-refractivity contribution in [3.05, 3.63) is 29.3 Å². The van der Waals surface area contributed by atoms with Crippen LogP contribution in [0.25, 0.3) is 0 Å². The van der Waals surface area contributed by atoms with Crippen LogP contribution in [0.3, 0.4) is 0 Å². The van der Waals surface area contributed by atoms with Crippen LogP contribution in [0.1, 0.15) is 18.1 Å². The van der Waals surface area contributed by atoms with Crippen LogP contribution in [-0.2, 0) is 6.54 Å². The highest BCUT2D eigenvalue weighted by Crippen LogP contribution is 2.19. The lowest BCUT2D eigenvalue weighted by molar-refractivity contribution is 0.233. The van der Waals surface area contributed by atoms with E-state index in [1.165, 1.54) is 0 Å².